The maximum atomic E-state index is 9.17. The fraction of sp³-hybridized carbons (Fsp3) is 0.250. The van der Waals surface area contributed by atoms with Crippen LogP contribution in [0.1, 0.15) is 23.7 Å². The van der Waals surface area contributed by atoms with Crippen LogP contribution in [0.4, 0.5) is 11.5 Å². The molecular formula is C16H17N3. The Bertz CT molecular complexity index is 609. The average molecular weight is 251 g/mol. The number of rotatable bonds is 3. The van der Waals surface area contributed by atoms with Crippen LogP contribution in [0.2, 0.25) is 0 Å². The summed E-state index contributed by atoms with van der Waals surface area (Å²) in [5.41, 5.74) is 3.83. The molecule has 0 saturated carbocycles. The first-order valence-corrected chi connectivity index (χ1v) is 6.36. The lowest BCUT2D eigenvalue weighted by Gasteiger charge is -2.20. The second-order valence-corrected chi connectivity index (χ2v) is 4.51. The van der Waals surface area contributed by atoms with E-state index in [9.17, 15) is 5.26 Å². The van der Waals surface area contributed by atoms with Gasteiger partial charge in [-0.15, -0.1) is 0 Å². The lowest BCUT2D eigenvalue weighted by Crippen LogP contribution is -2.13. The lowest BCUT2D eigenvalue weighted by molar-refractivity contribution is 1.08. The van der Waals surface area contributed by atoms with E-state index < -0.39 is 0 Å². The molecule has 1 aromatic heterocycles. The topological polar surface area (TPSA) is 39.9 Å². The predicted octanol–water partition coefficient (Wildman–Crippen LogP) is 3.59. The third-order valence-electron chi connectivity index (χ3n) is 3.18. The van der Waals surface area contributed by atoms with E-state index in [0.717, 1.165) is 17.8 Å². The molecular weight excluding hydrogens is 234 g/mol. The first-order chi connectivity index (χ1) is 9.15. The molecule has 0 spiro atoms. The summed E-state index contributed by atoms with van der Waals surface area (Å²) in [5.74, 6) is 0.701. The number of hydrogen-bond donors (Lipinski definition) is 0. The minimum absolute atomic E-state index is 0.590. The van der Waals surface area contributed by atoms with Gasteiger partial charge < -0.3 is 4.90 Å². The highest BCUT2D eigenvalue weighted by Crippen LogP contribution is 2.25. The van der Waals surface area contributed by atoms with Crippen molar-refractivity contribution in [2.24, 2.45) is 0 Å². The van der Waals surface area contributed by atoms with Gasteiger partial charge in [0, 0.05) is 18.4 Å². The van der Waals surface area contributed by atoms with Crippen molar-refractivity contribution >= 4 is 11.5 Å². The Kier molecular flexibility index (Phi) is 3.82. The second kappa shape index (κ2) is 5.53. The van der Waals surface area contributed by atoms with Gasteiger partial charge in [-0.3, -0.25) is 0 Å². The Morgan fingerprint density at radius 1 is 1.16 bits per heavy atom. The van der Waals surface area contributed by atoms with Crippen molar-refractivity contribution < 1.29 is 0 Å². The van der Waals surface area contributed by atoms with E-state index >= 15 is 0 Å². The number of pyridine rings is 1. The van der Waals surface area contributed by atoms with E-state index in [-0.39, 0.29) is 0 Å². The fourth-order valence-electron chi connectivity index (χ4n) is 1.96. The normalized spacial score (nSPS) is 10.0. The number of hydrogen-bond acceptors (Lipinski definition) is 3. The Labute approximate surface area is 114 Å². The molecule has 1 heterocycles. The molecule has 96 valence electrons. The Morgan fingerprint density at radius 3 is 2.42 bits per heavy atom. The number of aryl methyl sites for hydroxylation is 2. The van der Waals surface area contributed by atoms with Crippen molar-refractivity contribution in [3.8, 4) is 6.07 Å². The largest absolute Gasteiger partial charge is 0.328 e. The van der Waals surface area contributed by atoms with E-state index in [2.05, 4.69) is 42.2 Å². The zero-order valence-corrected chi connectivity index (χ0v) is 11.5. The Morgan fingerprint density at radius 2 is 1.84 bits per heavy atom. The fourth-order valence-corrected chi connectivity index (χ4v) is 1.96. The van der Waals surface area contributed by atoms with Crippen LogP contribution in [0.5, 0.6) is 0 Å². The third kappa shape index (κ3) is 2.74. The molecule has 3 nitrogen and oxygen atoms in total. The second-order valence-electron chi connectivity index (χ2n) is 4.51. The zero-order chi connectivity index (χ0) is 13.8. The SMILES string of the molecule is CCc1ccc(N(C)c2nc(C)ccc2C#N)cc1. The summed E-state index contributed by atoms with van der Waals surface area (Å²) in [4.78, 5) is 6.42. The number of nitriles is 1. The highest BCUT2D eigenvalue weighted by Gasteiger charge is 2.11. The van der Waals surface area contributed by atoms with E-state index in [4.69, 9.17) is 0 Å². The molecule has 0 saturated heterocycles. The van der Waals surface area contributed by atoms with E-state index in [1.165, 1.54) is 5.56 Å². The molecule has 0 unspecified atom stereocenters. The third-order valence-corrected chi connectivity index (χ3v) is 3.18. The van der Waals surface area contributed by atoms with Crippen LogP contribution in [0, 0.1) is 18.3 Å². The summed E-state index contributed by atoms with van der Waals surface area (Å²) in [5, 5.41) is 9.17. The molecule has 0 aliphatic rings. The Hall–Kier alpha value is -2.34. The highest BCUT2D eigenvalue weighted by atomic mass is 15.2. The van der Waals surface area contributed by atoms with Crippen LogP contribution in [-0.4, -0.2) is 12.0 Å². The van der Waals surface area contributed by atoms with Crippen molar-refractivity contribution in [2.75, 3.05) is 11.9 Å². The molecule has 0 aliphatic heterocycles. The van der Waals surface area contributed by atoms with Crippen LogP contribution in [-0.2, 0) is 6.42 Å². The van der Waals surface area contributed by atoms with Gasteiger partial charge in [-0.05, 0) is 43.2 Å². The van der Waals surface area contributed by atoms with Crippen LogP contribution >= 0.6 is 0 Å². The standard InChI is InChI=1S/C16H17N3/c1-4-13-6-9-15(10-7-13)19(3)16-14(11-17)8-5-12(2)18-16/h5-10H,4H2,1-3H3. The number of anilines is 2. The molecule has 3 heteroatoms. The zero-order valence-electron chi connectivity index (χ0n) is 11.5. The quantitative estimate of drug-likeness (QED) is 0.837. The average Bonchev–Trinajstić information content (AvgIpc) is 2.46. The van der Waals surface area contributed by atoms with Crippen LogP contribution in [0.15, 0.2) is 36.4 Å². The summed E-state index contributed by atoms with van der Waals surface area (Å²) in [6, 6.07) is 14.2. The van der Waals surface area contributed by atoms with E-state index in [0.29, 0.717) is 11.4 Å². The van der Waals surface area contributed by atoms with Crippen molar-refractivity contribution in [1.82, 2.24) is 4.98 Å². The van der Waals surface area contributed by atoms with Crippen LogP contribution < -0.4 is 4.90 Å². The number of aromatic nitrogens is 1. The molecule has 2 rings (SSSR count). The van der Waals surface area contributed by atoms with Gasteiger partial charge in [0.15, 0.2) is 5.82 Å². The minimum atomic E-state index is 0.590. The molecule has 0 aliphatic carbocycles. The summed E-state index contributed by atoms with van der Waals surface area (Å²) in [7, 11) is 1.93. The summed E-state index contributed by atoms with van der Waals surface area (Å²) >= 11 is 0. The maximum Gasteiger partial charge on any atom is 0.150 e. The minimum Gasteiger partial charge on any atom is -0.328 e. The molecule has 0 radical (unpaired) electrons. The van der Waals surface area contributed by atoms with E-state index in [1.54, 1.807) is 0 Å². The van der Waals surface area contributed by atoms with Crippen molar-refractivity contribution in [1.29, 1.82) is 5.26 Å². The van der Waals surface area contributed by atoms with Gasteiger partial charge in [0.25, 0.3) is 0 Å². The smallest absolute Gasteiger partial charge is 0.150 e. The summed E-state index contributed by atoms with van der Waals surface area (Å²) in [6.07, 6.45) is 1.02. The summed E-state index contributed by atoms with van der Waals surface area (Å²) < 4.78 is 0. The number of nitrogens with zero attached hydrogens (tertiary/aromatic N) is 3. The first-order valence-electron chi connectivity index (χ1n) is 6.36. The van der Waals surface area contributed by atoms with Gasteiger partial charge in [-0.25, -0.2) is 4.98 Å². The van der Waals surface area contributed by atoms with Crippen LogP contribution in [0.3, 0.4) is 0 Å². The molecule has 2 aromatic rings. The lowest BCUT2D eigenvalue weighted by atomic mass is 10.1. The Balaban J connectivity index is 2.40. The predicted molar refractivity (Wildman–Crippen MR) is 77.6 cm³/mol. The molecule has 19 heavy (non-hydrogen) atoms. The molecule has 0 amide bonds. The van der Waals surface area contributed by atoms with Gasteiger partial charge in [0.1, 0.15) is 6.07 Å². The summed E-state index contributed by atoms with van der Waals surface area (Å²) in [6.45, 7) is 4.06. The number of benzene rings is 1. The van der Waals surface area contributed by atoms with Gasteiger partial charge in [0.2, 0.25) is 0 Å². The molecule has 0 bridgehead atoms. The van der Waals surface area contributed by atoms with Crippen LogP contribution in [0.25, 0.3) is 0 Å². The van der Waals surface area contributed by atoms with Gasteiger partial charge in [-0.1, -0.05) is 19.1 Å². The van der Waals surface area contributed by atoms with E-state index in [1.807, 2.05) is 31.0 Å². The molecule has 1 aromatic carbocycles. The first kappa shape index (κ1) is 13.1. The van der Waals surface area contributed by atoms with Gasteiger partial charge >= 0.3 is 0 Å². The molecule has 0 fully saturated rings. The van der Waals surface area contributed by atoms with Crippen molar-refractivity contribution in [3.05, 3.63) is 53.2 Å². The molecule has 0 N–H and O–H groups in total. The molecule has 0 atom stereocenters. The van der Waals surface area contributed by atoms with Crippen molar-refractivity contribution in [3.63, 3.8) is 0 Å². The monoisotopic (exact) mass is 251 g/mol. The van der Waals surface area contributed by atoms with Gasteiger partial charge in [0.05, 0.1) is 5.56 Å². The van der Waals surface area contributed by atoms with Crippen molar-refractivity contribution in [2.45, 2.75) is 20.3 Å². The maximum absolute atomic E-state index is 9.17. The highest BCUT2D eigenvalue weighted by molar-refractivity contribution is 5.65. The van der Waals surface area contributed by atoms with Gasteiger partial charge in [-0.2, -0.15) is 5.26 Å².